The maximum Gasteiger partial charge on any atom is 0.310 e. The summed E-state index contributed by atoms with van der Waals surface area (Å²) in [7, 11) is 1.81. The first-order chi connectivity index (χ1) is 16.3. The summed E-state index contributed by atoms with van der Waals surface area (Å²) in [6.45, 7) is 5.76. The molecule has 2 N–H and O–H groups in total. The molecule has 0 aliphatic carbocycles. The first kappa shape index (κ1) is 24.5. The molecule has 0 aliphatic heterocycles. The zero-order valence-corrected chi connectivity index (χ0v) is 19.7. The number of carbonyl (C=O) groups excluding carboxylic acids is 3. The van der Waals surface area contributed by atoms with E-state index >= 15 is 0 Å². The number of carbonyl (C=O) groups is 3. The van der Waals surface area contributed by atoms with Crippen LogP contribution in [-0.4, -0.2) is 40.8 Å². The number of benzene rings is 2. The number of aryl methyl sites for hydroxylation is 2. The van der Waals surface area contributed by atoms with Crippen LogP contribution in [0.15, 0.2) is 48.5 Å². The van der Waals surface area contributed by atoms with E-state index in [1.807, 2.05) is 20.8 Å². The van der Waals surface area contributed by atoms with Gasteiger partial charge in [-0.3, -0.25) is 19.1 Å². The molecule has 0 radical (unpaired) electrons. The Bertz CT molecular complexity index is 1170. The first-order valence-electron chi connectivity index (χ1n) is 10.9. The molecule has 0 atom stereocenters. The van der Waals surface area contributed by atoms with Gasteiger partial charge in [0, 0.05) is 35.2 Å². The molecule has 3 aromatic rings. The molecule has 2 aromatic carbocycles. The number of esters is 1. The van der Waals surface area contributed by atoms with E-state index in [1.165, 1.54) is 0 Å². The summed E-state index contributed by atoms with van der Waals surface area (Å²) >= 11 is 0. The summed E-state index contributed by atoms with van der Waals surface area (Å²) in [6, 6.07) is 13.5. The van der Waals surface area contributed by atoms with E-state index in [4.69, 9.17) is 9.47 Å². The molecule has 9 heteroatoms. The van der Waals surface area contributed by atoms with Crippen molar-refractivity contribution in [3.63, 3.8) is 0 Å². The Balaban J connectivity index is 1.47. The Kier molecular flexibility index (Phi) is 8.02. The van der Waals surface area contributed by atoms with E-state index in [2.05, 4.69) is 15.7 Å². The number of rotatable bonds is 9. The number of hydrogen-bond donors (Lipinski definition) is 2. The van der Waals surface area contributed by atoms with E-state index in [0.717, 1.165) is 22.7 Å². The second-order valence-corrected chi connectivity index (χ2v) is 7.65. The summed E-state index contributed by atoms with van der Waals surface area (Å²) in [5, 5.41) is 9.71. The standard InChI is InChI=1S/C25H28N4O5/c1-5-33-21-12-10-20(11-13-21)27-25(32)18-6-8-19(9-7-18)26-23(30)15-34-24(31)14-22-16(2)28-29(4)17(22)3/h6-13H,5,14-15H2,1-4H3,(H,26,30)(H,27,32). The molecule has 1 aromatic heterocycles. The number of nitrogens with one attached hydrogen (secondary N) is 2. The van der Waals surface area contributed by atoms with Crippen molar-refractivity contribution in [3.05, 3.63) is 71.0 Å². The van der Waals surface area contributed by atoms with Gasteiger partial charge in [0.25, 0.3) is 11.8 Å². The zero-order valence-electron chi connectivity index (χ0n) is 19.7. The van der Waals surface area contributed by atoms with Gasteiger partial charge in [-0.25, -0.2) is 0 Å². The van der Waals surface area contributed by atoms with Crippen molar-refractivity contribution < 1.29 is 23.9 Å². The lowest BCUT2D eigenvalue weighted by Gasteiger charge is -2.09. The molecular formula is C25H28N4O5. The van der Waals surface area contributed by atoms with Crippen molar-refractivity contribution in [2.45, 2.75) is 27.2 Å². The number of hydrogen-bond acceptors (Lipinski definition) is 6. The molecule has 0 saturated heterocycles. The molecular weight excluding hydrogens is 436 g/mol. The van der Waals surface area contributed by atoms with Crippen LogP contribution in [-0.2, 0) is 27.8 Å². The third kappa shape index (κ3) is 6.44. The van der Waals surface area contributed by atoms with E-state index in [9.17, 15) is 14.4 Å². The number of anilines is 2. The molecule has 34 heavy (non-hydrogen) atoms. The Morgan fingerprint density at radius 2 is 1.56 bits per heavy atom. The van der Waals surface area contributed by atoms with E-state index < -0.39 is 18.5 Å². The molecule has 0 fully saturated rings. The Morgan fingerprint density at radius 3 is 2.15 bits per heavy atom. The Morgan fingerprint density at radius 1 is 0.941 bits per heavy atom. The summed E-state index contributed by atoms with van der Waals surface area (Å²) in [5.74, 6) is -0.527. The molecule has 178 valence electrons. The minimum absolute atomic E-state index is 0.0525. The summed E-state index contributed by atoms with van der Waals surface area (Å²) in [5.41, 5.74) is 3.99. The lowest BCUT2D eigenvalue weighted by atomic mass is 10.1. The van der Waals surface area contributed by atoms with Crippen LogP contribution in [0.5, 0.6) is 5.75 Å². The minimum atomic E-state index is -0.504. The van der Waals surface area contributed by atoms with Crippen LogP contribution in [0.1, 0.15) is 34.2 Å². The van der Waals surface area contributed by atoms with Crippen molar-refractivity contribution in [2.24, 2.45) is 7.05 Å². The molecule has 0 bridgehead atoms. The number of ether oxygens (including phenoxy) is 2. The van der Waals surface area contributed by atoms with E-state index in [-0.39, 0.29) is 12.3 Å². The van der Waals surface area contributed by atoms with Gasteiger partial charge in [0.2, 0.25) is 0 Å². The van der Waals surface area contributed by atoms with Crippen molar-refractivity contribution in [3.8, 4) is 5.75 Å². The van der Waals surface area contributed by atoms with Crippen LogP contribution in [0.2, 0.25) is 0 Å². The number of amides is 2. The number of aromatic nitrogens is 2. The van der Waals surface area contributed by atoms with Crippen LogP contribution in [0.25, 0.3) is 0 Å². The molecule has 0 spiro atoms. The van der Waals surface area contributed by atoms with Crippen molar-refractivity contribution in [1.29, 1.82) is 0 Å². The van der Waals surface area contributed by atoms with E-state index in [0.29, 0.717) is 23.5 Å². The number of nitrogens with zero attached hydrogens (tertiary/aromatic N) is 2. The highest BCUT2D eigenvalue weighted by Gasteiger charge is 2.16. The monoisotopic (exact) mass is 464 g/mol. The van der Waals surface area contributed by atoms with Gasteiger partial charge in [0.15, 0.2) is 6.61 Å². The Labute approximate surface area is 198 Å². The van der Waals surface area contributed by atoms with Crippen molar-refractivity contribution >= 4 is 29.2 Å². The van der Waals surface area contributed by atoms with Crippen molar-refractivity contribution in [2.75, 3.05) is 23.8 Å². The van der Waals surface area contributed by atoms with Crippen molar-refractivity contribution in [1.82, 2.24) is 9.78 Å². The predicted molar refractivity (Wildman–Crippen MR) is 128 cm³/mol. The fraction of sp³-hybridized carbons (Fsp3) is 0.280. The second kappa shape index (κ2) is 11.1. The largest absolute Gasteiger partial charge is 0.494 e. The van der Waals surface area contributed by atoms with Gasteiger partial charge in [0.05, 0.1) is 18.7 Å². The maximum absolute atomic E-state index is 12.4. The third-order valence-corrected chi connectivity index (χ3v) is 5.20. The van der Waals surface area contributed by atoms with Gasteiger partial charge in [-0.2, -0.15) is 5.10 Å². The second-order valence-electron chi connectivity index (χ2n) is 7.65. The summed E-state index contributed by atoms with van der Waals surface area (Å²) in [6.07, 6.45) is 0.0525. The molecule has 0 unspecified atom stereocenters. The lowest BCUT2D eigenvalue weighted by Crippen LogP contribution is -2.22. The van der Waals surface area contributed by atoms with Gasteiger partial charge >= 0.3 is 5.97 Å². The lowest BCUT2D eigenvalue weighted by molar-refractivity contribution is -0.146. The van der Waals surface area contributed by atoms with Gasteiger partial charge in [-0.05, 0) is 69.3 Å². The molecule has 3 rings (SSSR count). The third-order valence-electron chi connectivity index (χ3n) is 5.20. The van der Waals surface area contributed by atoms with E-state index in [1.54, 1.807) is 60.3 Å². The van der Waals surface area contributed by atoms with Crippen LogP contribution in [0, 0.1) is 13.8 Å². The highest BCUT2D eigenvalue weighted by Crippen LogP contribution is 2.17. The van der Waals surface area contributed by atoms with Crippen LogP contribution >= 0.6 is 0 Å². The van der Waals surface area contributed by atoms with Gasteiger partial charge < -0.3 is 20.1 Å². The smallest absolute Gasteiger partial charge is 0.310 e. The van der Waals surface area contributed by atoms with Crippen LogP contribution in [0.4, 0.5) is 11.4 Å². The fourth-order valence-corrected chi connectivity index (χ4v) is 3.32. The highest BCUT2D eigenvalue weighted by atomic mass is 16.5. The Hall–Kier alpha value is -4.14. The minimum Gasteiger partial charge on any atom is -0.494 e. The molecule has 0 aliphatic rings. The highest BCUT2D eigenvalue weighted by molar-refractivity contribution is 6.04. The first-order valence-corrected chi connectivity index (χ1v) is 10.9. The average molecular weight is 465 g/mol. The predicted octanol–water partition coefficient (Wildman–Crippen LogP) is 3.41. The topological polar surface area (TPSA) is 112 Å². The molecule has 1 heterocycles. The van der Waals surface area contributed by atoms with Crippen LogP contribution in [0.3, 0.4) is 0 Å². The van der Waals surface area contributed by atoms with Gasteiger partial charge in [0.1, 0.15) is 5.75 Å². The molecule has 9 nitrogen and oxygen atoms in total. The SMILES string of the molecule is CCOc1ccc(NC(=O)c2ccc(NC(=O)COC(=O)Cc3c(C)nn(C)c3C)cc2)cc1. The average Bonchev–Trinajstić information content (AvgIpc) is 3.05. The summed E-state index contributed by atoms with van der Waals surface area (Å²) in [4.78, 5) is 36.7. The zero-order chi connectivity index (χ0) is 24.7. The molecule has 2 amide bonds. The normalized spacial score (nSPS) is 10.5. The van der Waals surface area contributed by atoms with Gasteiger partial charge in [-0.1, -0.05) is 0 Å². The summed E-state index contributed by atoms with van der Waals surface area (Å²) < 4.78 is 12.2. The molecule has 0 saturated carbocycles. The fourth-order valence-electron chi connectivity index (χ4n) is 3.32. The quantitative estimate of drug-likeness (QED) is 0.470. The van der Waals surface area contributed by atoms with Gasteiger partial charge in [-0.15, -0.1) is 0 Å². The van der Waals surface area contributed by atoms with Crippen LogP contribution < -0.4 is 15.4 Å². The maximum atomic E-state index is 12.4.